The average Bonchev–Trinajstić information content (AvgIpc) is 2.29. The number of aldehydes is 1. The Labute approximate surface area is 99.1 Å². The zero-order valence-corrected chi connectivity index (χ0v) is 11.0. The highest BCUT2D eigenvalue weighted by Crippen LogP contribution is 2.28. The lowest BCUT2D eigenvalue weighted by Crippen LogP contribution is -2.46. The third-order valence-corrected chi connectivity index (χ3v) is 3.83. The van der Waals surface area contributed by atoms with Crippen molar-refractivity contribution in [2.24, 2.45) is 11.3 Å². The quantitative estimate of drug-likeness (QED) is 0.672. The summed E-state index contributed by atoms with van der Waals surface area (Å²) in [4.78, 5) is 13.6. The Hall–Kier alpha value is -0.410. The van der Waals surface area contributed by atoms with Gasteiger partial charge in [-0.2, -0.15) is 0 Å². The van der Waals surface area contributed by atoms with Gasteiger partial charge in [0.25, 0.3) is 0 Å². The van der Waals surface area contributed by atoms with Crippen molar-refractivity contribution in [2.75, 3.05) is 26.8 Å². The van der Waals surface area contributed by atoms with Crippen LogP contribution in [0.25, 0.3) is 0 Å². The molecule has 2 unspecified atom stereocenters. The number of rotatable bonds is 5. The molecule has 0 aliphatic carbocycles. The highest BCUT2D eigenvalue weighted by molar-refractivity contribution is 5.60. The minimum absolute atomic E-state index is 0.268. The number of ether oxygens (including phenoxy) is 1. The first-order valence-corrected chi connectivity index (χ1v) is 6.25. The van der Waals surface area contributed by atoms with Gasteiger partial charge in [-0.15, -0.1) is 0 Å². The predicted molar refractivity (Wildman–Crippen MR) is 65.5 cm³/mol. The Morgan fingerprint density at radius 1 is 1.44 bits per heavy atom. The fourth-order valence-electron chi connectivity index (χ4n) is 2.28. The van der Waals surface area contributed by atoms with Gasteiger partial charge in [-0.3, -0.25) is 0 Å². The van der Waals surface area contributed by atoms with Gasteiger partial charge in [0.05, 0.1) is 12.0 Å². The van der Waals surface area contributed by atoms with Gasteiger partial charge in [0.15, 0.2) is 0 Å². The van der Waals surface area contributed by atoms with Crippen LogP contribution in [0.3, 0.4) is 0 Å². The van der Waals surface area contributed by atoms with Gasteiger partial charge in [-0.25, -0.2) is 0 Å². The summed E-state index contributed by atoms with van der Waals surface area (Å²) in [5, 5.41) is 0. The summed E-state index contributed by atoms with van der Waals surface area (Å²) in [5.41, 5.74) is -0.268. The molecule has 16 heavy (non-hydrogen) atoms. The third kappa shape index (κ3) is 3.29. The zero-order valence-electron chi connectivity index (χ0n) is 11.0. The maximum atomic E-state index is 11.3. The molecule has 3 heteroatoms. The van der Waals surface area contributed by atoms with Crippen molar-refractivity contribution < 1.29 is 9.53 Å². The second kappa shape index (κ2) is 5.78. The summed E-state index contributed by atoms with van der Waals surface area (Å²) < 4.78 is 5.46. The molecule has 0 bridgehead atoms. The van der Waals surface area contributed by atoms with Crippen LogP contribution >= 0.6 is 0 Å². The van der Waals surface area contributed by atoms with Gasteiger partial charge in [0.1, 0.15) is 6.29 Å². The van der Waals surface area contributed by atoms with E-state index < -0.39 is 0 Å². The van der Waals surface area contributed by atoms with Crippen LogP contribution in [0, 0.1) is 11.3 Å². The molecule has 0 aromatic heterocycles. The van der Waals surface area contributed by atoms with Crippen LogP contribution in [-0.4, -0.2) is 44.0 Å². The van der Waals surface area contributed by atoms with Crippen LogP contribution < -0.4 is 0 Å². The monoisotopic (exact) mass is 227 g/mol. The smallest absolute Gasteiger partial charge is 0.129 e. The van der Waals surface area contributed by atoms with E-state index in [2.05, 4.69) is 32.7 Å². The molecule has 0 amide bonds. The lowest BCUT2D eigenvalue weighted by molar-refractivity contribution is -0.126. The minimum Gasteiger partial charge on any atom is -0.380 e. The molecule has 1 saturated heterocycles. The SMILES string of the molecule is CC(C)C(C)N(C)CC1(C=O)CCCOC1. The van der Waals surface area contributed by atoms with E-state index in [1.165, 1.54) is 0 Å². The minimum atomic E-state index is -0.268. The van der Waals surface area contributed by atoms with Crippen LogP contribution in [0.15, 0.2) is 0 Å². The van der Waals surface area contributed by atoms with Gasteiger partial charge in [0, 0.05) is 19.2 Å². The molecule has 1 heterocycles. The first kappa shape index (κ1) is 13.7. The molecule has 0 saturated carbocycles. The molecule has 1 aliphatic rings. The van der Waals surface area contributed by atoms with Gasteiger partial charge >= 0.3 is 0 Å². The molecule has 0 spiro atoms. The number of carbonyl (C=O) groups excluding carboxylic acids is 1. The number of carbonyl (C=O) groups is 1. The molecule has 0 radical (unpaired) electrons. The van der Waals surface area contributed by atoms with E-state index >= 15 is 0 Å². The van der Waals surface area contributed by atoms with Crippen molar-refractivity contribution in [3.8, 4) is 0 Å². The maximum Gasteiger partial charge on any atom is 0.129 e. The summed E-state index contributed by atoms with van der Waals surface area (Å²) in [6, 6.07) is 0.499. The molecule has 0 aromatic rings. The topological polar surface area (TPSA) is 29.5 Å². The number of nitrogens with zero attached hydrogens (tertiary/aromatic N) is 1. The van der Waals surface area contributed by atoms with Crippen LogP contribution in [0.1, 0.15) is 33.6 Å². The molecular weight excluding hydrogens is 202 g/mol. The Kier molecular flexibility index (Phi) is 4.93. The van der Waals surface area contributed by atoms with Crippen LogP contribution in [-0.2, 0) is 9.53 Å². The second-order valence-corrected chi connectivity index (χ2v) is 5.54. The van der Waals surface area contributed by atoms with Crippen molar-refractivity contribution in [3.05, 3.63) is 0 Å². The van der Waals surface area contributed by atoms with Crippen molar-refractivity contribution in [1.29, 1.82) is 0 Å². The van der Waals surface area contributed by atoms with E-state index in [4.69, 9.17) is 4.74 Å². The van der Waals surface area contributed by atoms with Crippen LogP contribution in [0.4, 0.5) is 0 Å². The summed E-state index contributed by atoms with van der Waals surface area (Å²) in [6.45, 7) is 8.85. The van der Waals surface area contributed by atoms with Crippen molar-refractivity contribution in [2.45, 2.75) is 39.7 Å². The number of hydrogen-bond donors (Lipinski definition) is 0. The fourth-order valence-corrected chi connectivity index (χ4v) is 2.28. The lowest BCUT2D eigenvalue weighted by Gasteiger charge is -2.38. The molecule has 2 atom stereocenters. The molecule has 94 valence electrons. The van der Waals surface area contributed by atoms with Crippen molar-refractivity contribution >= 4 is 6.29 Å². The molecule has 1 rings (SSSR count). The highest BCUT2D eigenvalue weighted by Gasteiger charge is 2.35. The van der Waals surface area contributed by atoms with E-state index in [-0.39, 0.29) is 5.41 Å². The average molecular weight is 227 g/mol. The Morgan fingerprint density at radius 2 is 2.12 bits per heavy atom. The van der Waals surface area contributed by atoms with Crippen molar-refractivity contribution in [3.63, 3.8) is 0 Å². The van der Waals surface area contributed by atoms with Gasteiger partial charge in [-0.1, -0.05) is 13.8 Å². The molecule has 0 aromatic carbocycles. The Bertz CT molecular complexity index is 222. The first-order valence-electron chi connectivity index (χ1n) is 6.25. The fraction of sp³-hybridized carbons (Fsp3) is 0.923. The van der Waals surface area contributed by atoms with E-state index in [9.17, 15) is 4.79 Å². The summed E-state index contributed by atoms with van der Waals surface area (Å²) in [5.74, 6) is 0.609. The van der Waals surface area contributed by atoms with E-state index in [0.29, 0.717) is 18.6 Å². The normalized spacial score (nSPS) is 28.4. The first-order chi connectivity index (χ1) is 7.51. The van der Waals surface area contributed by atoms with Crippen molar-refractivity contribution in [1.82, 2.24) is 4.90 Å². The van der Waals surface area contributed by atoms with Gasteiger partial charge < -0.3 is 14.4 Å². The molecule has 1 fully saturated rings. The standard InChI is InChI=1S/C13H25NO2/c1-11(2)12(3)14(4)8-13(9-15)6-5-7-16-10-13/h9,11-12H,5-8,10H2,1-4H3. The largest absolute Gasteiger partial charge is 0.380 e. The maximum absolute atomic E-state index is 11.3. The van der Waals surface area contributed by atoms with E-state index in [1.807, 2.05) is 0 Å². The van der Waals surface area contributed by atoms with Crippen LogP contribution in [0.5, 0.6) is 0 Å². The predicted octanol–water partition coefficient (Wildman–Crippen LogP) is 1.96. The lowest BCUT2D eigenvalue weighted by atomic mass is 9.83. The number of hydrogen-bond acceptors (Lipinski definition) is 3. The summed E-state index contributed by atoms with van der Waals surface area (Å²) in [7, 11) is 2.10. The third-order valence-electron chi connectivity index (χ3n) is 3.83. The molecular formula is C13H25NO2. The van der Waals surface area contributed by atoms with E-state index in [0.717, 1.165) is 32.3 Å². The summed E-state index contributed by atoms with van der Waals surface area (Å²) in [6.07, 6.45) is 3.07. The van der Waals surface area contributed by atoms with Gasteiger partial charge in [0.2, 0.25) is 0 Å². The Balaban J connectivity index is 2.58. The van der Waals surface area contributed by atoms with E-state index in [1.54, 1.807) is 0 Å². The molecule has 1 aliphatic heterocycles. The molecule has 0 N–H and O–H groups in total. The van der Waals surface area contributed by atoms with Crippen LogP contribution in [0.2, 0.25) is 0 Å². The van der Waals surface area contributed by atoms with Gasteiger partial charge in [-0.05, 0) is 32.7 Å². The highest BCUT2D eigenvalue weighted by atomic mass is 16.5. The summed E-state index contributed by atoms with van der Waals surface area (Å²) >= 11 is 0. The second-order valence-electron chi connectivity index (χ2n) is 5.54. The zero-order chi connectivity index (χ0) is 12.2. The molecule has 3 nitrogen and oxygen atoms in total. The Morgan fingerprint density at radius 3 is 2.56 bits per heavy atom.